The Morgan fingerprint density at radius 3 is 2.24 bits per heavy atom. The first-order valence-corrected chi connectivity index (χ1v) is 10.5. The van der Waals surface area contributed by atoms with Crippen LogP contribution in [0.3, 0.4) is 0 Å². The van der Waals surface area contributed by atoms with Gasteiger partial charge in [-0.3, -0.25) is 0 Å². The van der Waals surface area contributed by atoms with Crippen LogP contribution >= 0.6 is 12.2 Å². The van der Waals surface area contributed by atoms with Gasteiger partial charge in [0.15, 0.2) is 0 Å². The molecule has 1 nitrogen and oxygen atoms in total. The minimum Gasteiger partial charge on any atom is -0.195 e. The van der Waals surface area contributed by atoms with Crippen molar-refractivity contribution in [2.75, 3.05) is 0 Å². The standard InChI is InChI=1S/C23H33NS/c1-2-3-4-5-6-7-8-20-9-11-21(12-10-20)13-14-22-15-17-23(18-16-22)24-19-25/h2,15-18,20-21H,1,3-14H2/t20-,21-. The molecule has 0 amide bonds. The smallest absolute Gasteiger partial charge is 0.0739 e. The molecule has 136 valence electrons. The summed E-state index contributed by atoms with van der Waals surface area (Å²) in [4.78, 5) is 4.01. The van der Waals surface area contributed by atoms with Gasteiger partial charge in [-0.25, -0.2) is 0 Å². The summed E-state index contributed by atoms with van der Waals surface area (Å²) in [7, 11) is 0. The lowest BCUT2D eigenvalue weighted by Gasteiger charge is -2.28. The van der Waals surface area contributed by atoms with E-state index in [9.17, 15) is 0 Å². The van der Waals surface area contributed by atoms with E-state index < -0.39 is 0 Å². The number of hydrogen-bond acceptors (Lipinski definition) is 2. The third kappa shape index (κ3) is 8.12. The second-order valence-corrected chi connectivity index (χ2v) is 7.76. The van der Waals surface area contributed by atoms with E-state index in [4.69, 9.17) is 0 Å². The topological polar surface area (TPSA) is 12.4 Å². The molecule has 0 N–H and O–H groups in total. The van der Waals surface area contributed by atoms with Gasteiger partial charge in [-0.2, -0.15) is 4.99 Å². The largest absolute Gasteiger partial charge is 0.195 e. The molecule has 25 heavy (non-hydrogen) atoms. The molecule has 0 heterocycles. The first kappa shape index (κ1) is 20.1. The molecule has 0 spiro atoms. The molecular weight excluding hydrogens is 322 g/mol. The van der Waals surface area contributed by atoms with Crippen LogP contribution in [0.2, 0.25) is 0 Å². The van der Waals surface area contributed by atoms with Crippen molar-refractivity contribution in [3.05, 3.63) is 42.5 Å². The van der Waals surface area contributed by atoms with E-state index in [1.54, 1.807) is 0 Å². The zero-order valence-electron chi connectivity index (χ0n) is 15.6. The molecule has 0 saturated heterocycles. The molecule has 2 rings (SSSR count). The van der Waals surface area contributed by atoms with E-state index in [0.29, 0.717) is 0 Å². The number of unbranched alkanes of at least 4 members (excludes halogenated alkanes) is 4. The van der Waals surface area contributed by atoms with Gasteiger partial charge in [0.2, 0.25) is 0 Å². The summed E-state index contributed by atoms with van der Waals surface area (Å²) < 4.78 is 0. The highest BCUT2D eigenvalue weighted by atomic mass is 32.1. The first-order valence-electron chi connectivity index (χ1n) is 10.1. The van der Waals surface area contributed by atoms with Gasteiger partial charge in [-0.1, -0.05) is 69.6 Å². The van der Waals surface area contributed by atoms with Gasteiger partial charge in [-0.15, -0.1) is 6.58 Å². The van der Waals surface area contributed by atoms with Crippen LogP contribution in [0.25, 0.3) is 0 Å². The summed E-state index contributed by atoms with van der Waals surface area (Å²) in [6, 6.07) is 8.45. The molecule has 0 bridgehead atoms. The maximum absolute atomic E-state index is 4.64. The number of thiocarbonyl (C=S) groups is 1. The van der Waals surface area contributed by atoms with Crippen molar-refractivity contribution in [2.24, 2.45) is 16.8 Å². The lowest BCUT2D eigenvalue weighted by Crippen LogP contribution is -2.15. The summed E-state index contributed by atoms with van der Waals surface area (Å²) in [6.07, 6.45) is 18.6. The Kier molecular flexibility index (Phi) is 9.77. The molecular formula is C23H33NS. The summed E-state index contributed by atoms with van der Waals surface area (Å²) in [5, 5.41) is 2.42. The van der Waals surface area contributed by atoms with E-state index in [1.165, 1.54) is 82.6 Å². The average molecular weight is 356 g/mol. The van der Waals surface area contributed by atoms with E-state index in [2.05, 4.69) is 41.1 Å². The highest BCUT2D eigenvalue weighted by Crippen LogP contribution is 2.34. The summed E-state index contributed by atoms with van der Waals surface area (Å²) in [6.45, 7) is 3.79. The van der Waals surface area contributed by atoms with Gasteiger partial charge in [0, 0.05) is 0 Å². The first-order chi connectivity index (χ1) is 12.3. The molecule has 0 unspecified atom stereocenters. The second-order valence-electron chi connectivity index (χ2n) is 7.58. The van der Waals surface area contributed by atoms with Crippen molar-refractivity contribution in [2.45, 2.75) is 77.0 Å². The van der Waals surface area contributed by atoms with Gasteiger partial charge in [0.1, 0.15) is 0 Å². The maximum Gasteiger partial charge on any atom is 0.0739 e. The molecule has 1 fully saturated rings. The van der Waals surface area contributed by atoms with Gasteiger partial charge < -0.3 is 0 Å². The van der Waals surface area contributed by atoms with Crippen LogP contribution in [-0.2, 0) is 6.42 Å². The molecule has 0 aliphatic heterocycles. The van der Waals surface area contributed by atoms with Crippen LogP contribution in [0.15, 0.2) is 41.9 Å². The Labute approximate surface area is 159 Å². The van der Waals surface area contributed by atoms with E-state index in [0.717, 1.165) is 17.5 Å². The molecule has 1 aromatic carbocycles. The van der Waals surface area contributed by atoms with Gasteiger partial charge in [-0.05, 0) is 67.4 Å². The lowest BCUT2D eigenvalue weighted by molar-refractivity contribution is 0.249. The SMILES string of the molecule is C=CCCCCCC[C@H]1CC[C@H](CCc2ccc(N=C=S)cc2)CC1. The fourth-order valence-electron chi connectivity index (χ4n) is 4.04. The molecule has 1 aliphatic rings. The Morgan fingerprint density at radius 1 is 0.960 bits per heavy atom. The number of aliphatic imine (C=N–C) groups is 1. The van der Waals surface area contributed by atoms with Gasteiger partial charge in [0.05, 0.1) is 10.8 Å². The molecule has 0 radical (unpaired) electrons. The Morgan fingerprint density at radius 2 is 1.60 bits per heavy atom. The van der Waals surface area contributed by atoms with Crippen molar-refractivity contribution in [1.29, 1.82) is 0 Å². The maximum atomic E-state index is 4.64. The minimum atomic E-state index is 0.906. The Hall–Kier alpha value is -1.24. The predicted molar refractivity (Wildman–Crippen MR) is 113 cm³/mol. The van der Waals surface area contributed by atoms with Crippen LogP contribution in [0, 0.1) is 11.8 Å². The van der Waals surface area contributed by atoms with Crippen LogP contribution in [0.1, 0.15) is 76.2 Å². The van der Waals surface area contributed by atoms with E-state index in [-0.39, 0.29) is 0 Å². The number of hydrogen-bond donors (Lipinski definition) is 0. The summed E-state index contributed by atoms with van der Waals surface area (Å²) >= 11 is 4.64. The third-order valence-corrected chi connectivity index (χ3v) is 5.78. The number of nitrogens with zero attached hydrogens (tertiary/aromatic N) is 1. The van der Waals surface area contributed by atoms with E-state index >= 15 is 0 Å². The summed E-state index contributed by atoms with van der Waals surface area (Å²) in [5.41, 5.74) is 2.33. The molecule has 0 atom stereocenters. The van der Waals surface area contributed by atoms with Crippen LogP contribution in [0.5, 0.6) is 0 Å². The number of rotatable bonds is 11. The second kappa shape index (κ2) is 12.2. The van der Waals surface area contributed by atoms with E-state index in [1.807, 2.05) is 18.2 Å². The quantitative estimate of drug-likeness (QED) is 0.171. The van der Waals surface area contributed by atoms with Crippen LogP contribution < -0.4 is 0 Å². The number of isothiocyanates is 1. The summed E-state index contributed by atoms with van der Waals surface area (Å²) in [5.74, 6) is 1.94. The third-order valence-electron chi connectivity index (χ3n) is 5.69. The van der Waals surface area contributed by atoms with Crippen molar-refractivity contribution in [3.63, 3.8) is 0 Å². The Balaban J connectivity index is 1.57. The monoisotopic (exact) mass is 355 g/mol. The van der Waals surface area contributed by atoms with Crippen molar-refractivity contribution >= 4 is 23.1 Å². The molecule has 1 aliphatic carbocycles. The zero-order chi connectivity index (χ0) is 17.7. The normalized spacial score (nSPS) is 20.0. The van der Waals surface area contributed by atoms with Crippen molar-refractivity contribution < 1.29 is 0 Å². The highest BCUT2D eigenvalue weighted by molar-refractivity contribution is 7.78. The molecule has 1 aromatic rings. The molecule has 2 heteroatoms. The number of benzene rings is 1. The fraction of sp³-hybridized carbons (Fsp3) is 0.609. The van der Waals surface area contributed by atoms with Crippen molar-refractivity contribution in [1.82, 2.24) is 0 Å². The molecule has 1 saturated carbocycles. The van der Waals surface area contributed by atoms with Crippen molar-refractivity contribution in [3.8, 4) is 0 Å². The van der Waals surface area contributed by atoms with Crippen LogP contribution in [-0.4, -0.2) is 5.16 Å². The van der Waals surface area contributed by atoms with Crippen LogP contribution in [0.4, 0.5) is 5.69 Å². The van der Waals surface area contributed by atoms with Gasteiger partial charge >= 0.3 is 0 Å². The fourth-order valence-corrected chi connectivity index (χ4v) is 4.15. The average Bonchev–Trinajstić information content (AvgIpc) is 2.65. The minimum absolute atomic E-state index is 0.906. The molecule has 0 aromatic heterocycles. The predicted octanol–water partition coefficient (Wildman–Crippen LogP) is 7.69. The lowest BCUT2D eigenvalue weighted by atomic mass is 9.77. The highest BCUT2D eigenvalue weighted by Gasteiger charge is 2.20. The zero-order valence-corrected chi connectivity index (χ0v) is 16.4. The number of allylic oxidation sites excluding steroid dienone is 1. The van der Waals surface area contributed by atoms with Gasteiger partial charge in [0.25, 0.3) is 0 Å². The Bertz CT molecular complexity index is 534. The number of aryl methyl sites for hydroxylation is 1.